The smallest absolute Gasteiger partial charge is 0.249 e. The van der Waals surface area contributed by atoms with E-state index in [9.17, 15) is 9.59 Å². The fourth-order valence-electron chi connectivity index (χ4n) is 3.45. The van der Waals surface area contributed by atoms with E-state index in [0.717, 1.165) is 18.4 Å². The Morgan fingerprint density at radius 1 is 1.11 bits per heavy atom. The van der Waals surface area contributed by atoms with Crippen LogP contribution in [0, 0.1) is 5.92 Å². The van der Waals surface area contributed by atoms with Gasteiger partial charge in [0.2, 0.25) is 17.6 Å². The van der Waals surface area contributed by atoms with Crippen molar-refractivity contribution in [1.82, 2.24) is 30.0 Å². The van der Waals surface area contributed by atoms with Crippen molar-refractivity contribution in [3.8, 4) is 11.4 Å². The van der Waals surface area contributed by atoms with Crippen molar-refractivity contribution in [3.63, 3.8) is 0 Å². The molecule has 0 unspecified atom stereocenters. The molecule has 2 amide bonds. The first-order valence-electron chi connectivity index (χ1n) is 9.70. The summed E-state index contributed by atoms with van der Waals surface area (Å²) in [5.41, 5.74) is 0.796. The quantitative estimate of drug-likeness (QED) is 0.764. The van der Waals surface area contributed by atoms with Gasteiger partial charge in [-0.15, -0.1) is 10.2 Å². The number of nitrogens with zero attached hydrogens (tertiary/aromatic N) is 6. The van der Waals surface area contributed by atoms with E-state index >= 15 is 0 Å². The van der Waals surface area contributed by atoms with Crippen LogP contribution in [0.15, 0.2) is 24.3 Å². The Kier molecular flexibility index (Phi) is 5.30. The minimum Gasteiger partial charge on any atom is -0.339 e. The average molecular weight is 403 g/mol. The normalized spacial score (nSPS) is 18.2. The fourth-order valence-corrected chi connectivity index (χ4v) is 3.58. The molecule has 1 atom stereocenters. The average Bonchev–Trinajstić information content (AvgIpc) is 3.47. The first-order valence-corrected chi connectivity index (χ1v) is 10.1. The first kappa shape index (κ1) is 18.9. The molecule has 1 saturated heterocycles. The van der Waals surface area contributed by atoms with Crippen LogP contribution < -0.4 is 0 Å². The van der Waals surface area contributed by atoms with Gasteiger partial charge in [0.05, 0.1) is 0 Å². The van der Waals surface area contributed by atoms with Crippen molar-refractivity contribution in [2.24, 2.45) is 5.92 Å². The maximum Gasteiger partial charge on any atom is 0.249 e. The van der Waals surface area contributed by atoms with Gasteiger partial charge >= 0.3 is 0 Å². The summed E-state index contributed by atoms with van der Waals surface area (Å²) in [4.78, 5) is 30.3. The van der Waals surface area contributed by atoms with Gasteiger partial charge < -0.3 is 9.80 Å². The zero-order valence-electron chi connectivity index (χ0n) is 15.8. The van der Waals surface area contributed by atoms with Crippen LogP contribution in [0.25, 0.3) is 11.4 Å². The maximum atomic E-state index is 13.0. The van der Waals surface area contributed by atoms with Crippen LogP contribution in [0.5, 0.6) is 0 Å². The summed E-state index contributed by atoms with van der Waals surface area (Å²) in [5, 5.41) is 13.2. The van der Waals surface area contributed by atoms with Crippen molar-refractivity contribution in [1.29, 1.82) is 0 Å². The zero-order valence-corrected chi connectivity index (χ0v) is 16.5. The van der Waals surface area contributed by atoms with E-state index in [-0.39, 0.29) is 17.7 Å². The molecule has 2 fully saturated rings. The number of tetrazole rings is 1. The van der Waals surface area contributed by atoms with Crippen molar-refractivity contribution in [2.75, 3.05) is 26.2 Å². The van der Waals surface area contributed by atoms with Gasteiger partial charge in [0.1, 0.15) is 0 Å². The number of halogens is 1. The monoisotopic (exact) mass is 402 g/mol. The van der Waals surface area contributed by atoms with Gasteiger partial charge in [-0.3, -0.25) is 9.59 Å². The SMILES string of the molecule is CC[C@H](C(=O)N1CCN(C(=O)C2CC2)CC1)n1nnc(-c2ccc(Cl)cc2)n1. The van der Waals surface area contributed by atoms with Gasteiger partial charge in [0.25, 0.3) is 0 Å². The van der Waals surface area contributed by atoms with Crippen LogP contribution in [0.3, 0.4) is 0 Å². The predicted molar refractivity (Wildman–Crippen MR) is 103 cm³/mol. The topological polar surface area (TPSA) is 84.2 Å². The molecule has 4 rings (SSSR count). The van der Waals surface area contributed by atoms with Gasteiger partial charge in [-0.2, -0.15) is 4.80 Å². The second kappa shape index (κ2) is 7.87. The Morgan fingerprint density at radius 2 is 1.75 bits per heavy atom. The highest BCUT2D eigenvalue weighted by Gasteiger charge is 2.36. The number of hydrogen-bond acceptors (Lipinski definition) is 5. The molecule has 2 aliphatic rings. The molecule has 148 valence electrons. The summed E-state index contributed by atoms with van der Waals surface area (Å²) in [7, 11) is 0. The van der Waals surface area contributed by atoms with Crippen LogP contribution in [-0.2, 0) is 9.59 Å². The molecule has 0 bridgehead atoms. The standard InChI is InChI=1S/C19H23ClN6O2/c1-2-16(26-22-17(21-23-26)13-5-7-15(20)8-6-13)19(28)25-11-9-24(10-12-25)18(27)14-3-4-14/h5-8,14,16H,2-4,9-12H2,1H3/t16-/m1/s1. The van der Waals surface area contributed by atoms with E-state index in [1.54, 1.807) is 17.0 Å². The minimum absolute atomic E-state index is 0.0268. The first-order chi connectivity index (χ1) is 13.6. The lowest BCUT2D eigenvalue weighted by Gasteiger charge is -2.36. The number of hydrogen-bond donors (Lipinski definition) is 0. The molecule has 9 heteroatoms. The molecular formula is C19H23ClN6O2. The molecule has 2 aromatic rings. The van der Waals surface area contributed by atoms with Gasteiger partial charge in [-0.25, -0.2) is 0 Å². The number of carbonyl (C=O) groups excluding carboxylic acids is 2. The van der Waals surface area contributed by atoms with Crippen LogP contribution in [0.2, 0.25) is 5.02 Å². The summed E-state index contributed by atoms with van der Waals surface area (Å²) >= 11 is 5.92. The molecular weight excluding hydrogens is 380 g/mol. The molecule has 8 nitrogen and oxygen atoms in total. The number of piperazine rings is 1. The fraction of sp³-hybridized carbons (Fsp3) is 0.526. The lowest BCUT2D eigenvalue weighted by molar-refractivity contribution is -0.142. The molecule has 1 saturated carbocycles. The van der Waals surface area contributed by atoms with Gasteiger partial charge in [0.15, 0.2) is 6.04 Å². The van der Waals surface area contributed by atoms with E-state index in [2.05, 4.69) is 15.4 Å². The van der Waals surface area contributed by atoms with Crippen molar-refractivity contribution >= 4 is 23.4 Å². The van der Waals surface area contributed by atoms with Gasteiger partial charge in [0, 0.05) is 42.7 Å². The Balaban J connectivity index is 1.41. The molecule has 1 aromatic carbocycles. The molecule has 28 heavy (non-hydrogen) atoms. The van der Waals surface area contributed by atoms with Crippen molar-refractivity contribution in [3.05, 3.63) is 29.3 Å². The summed E-state index contributed by atoms with van der Waals surface area (Å²) in [6.07, 6.45) is 2.57. The minimum atomic E-state index is -0.501. The largest absolute Gasteiger partial charge is 0.339 e. The third-order valence-electron chi connectivity index (χ3n) is 5.31. The van der Waals surface area contributed by atoms with Crippen LogP contribution in [0.1, 0.15) is 32.2 Å². The van der Waals surface area contributed by atoms with Gasteiger partial charge in [-0.05, 0) is 48.7 Å². The second-order valence-electron chi connectivity index (χ2n) is 7.29. The van der Waals surface area contributed by atoms with E-state index in [4.69, 9.17) is 11.6 Å². The maximum absolute atomic E-state index is 13.0. The summed E-state index contributed by atoms with van der Waals surface area (Å²) in [6, 6.07) is 6.68. The number of aromatic nitrogens is 4. The Bertz CT molecular complexity index is 856. The summed E-state index contributed by atoms with van der Waals surface area (Å²) < 4.78 is 0. The molecule has 1 aliphatic heterocycles. The summed E-state index contributed by atoms with van der Waals surface area (Å²) in [6.45, 7) is 4.22. The van der Waals surface area contributed by atoms with Crippen molar-refractivity contribution < 1.29 is 9.59 Å². The molecule has 1 aliphatic carbocycles. The Labute approximate surface area is 168 Å². The van der Waals surface area contributed by atoms with Gasteiger partial charge in [-0.1, -0.05) is 18.5 Å². The molecule has 2 heterocycles. The predicted octanol–water partition coefficient (Wildman–Crippen LogP) is 2.03. The second-order valence-corrected chi connectivity index (χ2v) is 7.73. The lowest BCUT2D eigenvalue weighted by atomic mass is 10.2. The zero-order chi connectivity index (χ0) is 19.7. The van der Waals surface area contributed by atoms with E-state index < -0.39 is 6.04 Å². The number of amides is 2. The third kappa shape index (κ3) is 3.87. The number of benzene rings is 1. The van der Waals surface area contributed by atoms with E-state index in [1.165, 1.54) is 4.80 Å². The lowest BCUT2D eigenvalue weighted by Crippen LogP contribution is -2.52. The van der Waals surface area contributed by atoms with E-state index in [1.807, 2.05) is 24.0 Å². The number of rotatable bonds is 5. The van der Waals surface area contributed by atoms with E-state index in [0.29, 0.717) is 43.4 Å². The van der Waals surface area contributed by atoms with Crippen LogP contribution in [0.4, 0.5) is 0 Å². The molecule has 0 spiro atoms. The highest BCUT2D eigenvalue weighted by Crippen LogP contribution is 2.31. The highest BCUT2D eigenvalue weighted by atomic mass is 35.5. The number of carbonyl (C=O) groups is 2. The van der Waals surface area contributed by atoms with Crippen LogP contribution in [-0.4, -0.2) is 68.0 Å². The van der Waals surface area contributed by atoms with Crippen LogP contribution >= 0.6 is 11.6 Å². The molecule has 1 aromatic heterocycles. The Hall–Kier alpha value is -2.48. The molecule has 0 radical (unpaired) electrons. The highest BCUT2D eigenvalue weighted by molar-refractivity contribution is 6.30. The Morgan fingerprint density at radius 3 is 2.36 bits per heavy atom. The summed E-state index contributed by atoms with van der Waals surface area (Å²) in [5.74, 6) is 0.893. The molecule has 0 N–H and O–H groups in total. The third-order valence-corrected chi connectivity index (χ3v) is 5.56. The van der Waals surface area contributed by atoms with Crippen molar-refractivity contribution in [2.45, 2.75) is 32.2 Å².